The summed E-state index contributed by atoms with van der Waals surface area (Å²) < 4.78 is 1.86. The van der Waals surface area contributed by atoms with Gasteiger partial charge in [-0.1, -0.05) is 32.4 Å². The van der Waals surface area contributed by atoms with Gasteiger partial charge in [0.2, 0.25) is 5.91 Å². The van der Waals surface area contributed by atoms with Crippen molar-refractivity contribution in [3.63, 3.8) is 0 Å². The van der Waals surface area contributed by atoms with Gasteiger partial charge in [-0.15, -0.1) is 0 Å². The summed E-state index contributed by atoms with van der Waals surface area (Å²) in [5, 5.41) is 2.77. The molecule has 138 valence electrons. The molecule has 0 radical (unpaired) electrons. The molecule has 6 heteroatoms. The van der Waals surface area contributed by atoms with E-state index in [4.69, 9.17) is 0 Å². The number of nitrogens with one attached hydrogen (secondary N) is 1. The SMILES string of the molecule is CCC.O=C1CN(C(=O)c2ccc(-n3cccc3)nc2)c2ccccc2N1. The fourth-order valence-electron chi connectivity index (χ4n) is 2.72. The Balaban J connectivity index is 0.000000659. The van der Waals surface area contributed by atoms with Gasteiger partial charge in [-0.05, 0) is 36.4 Å². The van der Waals surface area contributed by atoms with Crippen molar-refractivity contribution in [3.05, 3.63) is 72.7 Å². The van der Waals surface area contributed by atoms with Gasteiger partial charge < -0.3 is 9.88 Å². The van der Waals surface area contributed by atoms with E-state index in [1.165, 1.54) is 17.5 Å². The van der Waals surface area contributed by atoms with E-state index >= 15 is 0 Å². The van der Waals surface area contributed by atoms with Crippen LogP contribution in [0, 0.1) is 0 Å². The third-order valence-corrected chi connectivity index (χ3v) is 3.88. The summed E-state index contributed by atoms with van der Waals surface area (Å²) in [5.41, 5.74) is 1.77. The lowest BCUT2D eigenvalue weighted by Gasteiger charge is -2.29. The molecule has 1 N–H and O–H groups in total. The Morgan fingerprint density at radius 3 is 2.44 bits per heavy atom. The molecule has 0 aliphatic carbocycles. The number of benzene rings is 1. The Labute approximate surface area is 158 Å². The fourth-order valence-corrected chi connectivity index (χ4v) is 2.72. The van der Waals surface area contributed by atoms with Crippen LogP contribution < -0.4 is 10.2 Å². The number of carbonyl (C=O) groups excluding carboxylic acids is 2. The van der Waals surface area contributed by atoms with Crippen LogP contribution in [-0.4, -0.2) is 27.9 Å². The monoisotopic (exact) mass is 362 g/mol. The molecule has 3 aromatic rings. The minimum absolute atomic E-state index is 0.00476. The van der Waals surface area contributed by atoms with Crippen molar-refractivity contribution in [2.24, 2.45) is 0 Å². The molecule has 0 saturated heterocycles. The second kappa shape index (κ2) is 8.31. The molecular weight excluding hydrogens is 340 g/mol. The van der Waals surface area contributed by atoms with Crippen LogP contribution in [0.3, 0.4) is 0 Å². The van der Waals surface area contributed by atoms with E-state index in [-0.39, 0.29) is 18.4 Å². The van der Waals surface area contributed by atoms with Gasteiger partial charge in [0.15, 0.2) is 0 Å². The van der Waals surface area contributed by atoms with Crippen LogP contribution in [0.15, 0.2) is 67.1 Å². The quantitative estimate of drug-likeness (QED) is 0.752. The zero-order chi connectivity index (χ0) is 19.2. The van der Waals surface area contributed by atoms with Crippen molar-refractivity contribution >= 4 is 23.2 Å². The molecule has 4 rings (SSSR count). The lowest BCUT2D eigenvalue weighted by Crippen LogP contribution is -2.42. The minimum Gasteiger partial charge on any atom is -0.323 e. The van der Waals surface area contributed by atoms with Gasteiger partial charge in [-0.2, -0.15) is 0 Å². The average molecular weight is 362 g/mol. The van der Waals surface area contributed by atoms with Gasteiger partial charge >= 0.3 is 0 Å². The first kappa shape index (κ1) is 18.4. The number of fused-ring (bicyclic) bond motifs is 1. The van der Waals surface area contributed by atoms with E-state index in [9.17, 15) is 9.59 Å². The standard InChI is InChI=1S/C18H14N4O2.C3H8/c23-17-12-22(15-6-2-1-5-14(15)20-17)18(24)13-7-8-16(19-11-13)21-9-3-4-10-21;1-3-2/h1-11H,12H2,(H,20,23);3H2,1-2H3. The average Bonchev–Trinajstić information content (AvgIpc) is 3.22. The maximum Gasteiger partial charge on any atom is 0.260 e. The molecule has 1 aliphatic heterocycles. The number of para-hydroxylation sites is 2. The van der Waals surface area contributed by atoms with Crippen LogP contribution in [0.4, 0.5) is 11.4 Å². The number of hydrogen-bond acceptors (Lipinski definition) is 3. The number of carbonyl (C=O) groups is 2. The topological polar surface area (TPSA) is 67.2 Å². The van der Waals surface area contributed by atoms with Crippen molar-refractivity contribution in [1.82, 2.24) is 9.55 Å². The number of aromatic nitrogens is 2. The van der Waals surface area contributed by atoms with Crippen molar-refractivity contribution in [1.29, 1.82) is 0 Å². The van der Waals surface area contributed by atoms with Crippen molar-refractivity contribution in [3.8, 4) is 5.82 Å². The van der Waals surface area contributed by atoms with Crippen LogP contribution in [0.2, 0.25) is 0 Å². The van der Waals surface area contributed by atoms with Crippen molar-refractivity contribution < 1.29 is 9.59 Å². The smallest absolute Gasteiger partial charge is 0.260 e. The molecule has 6 nitrogen and oxygen atoms in total. The highest BCUT2D eigenvalue weighted by molar-refractivity contribution is 6.15. The molecule has 0 atom stereocenters. The molecule has 0 fully saturated rings. The molecule has 1 aromatic carbocycles. The summed E-state index contributed by atoms with van der Waals surface area (Å²) in [6, 6.07) is 14.6. The molecule has 27 heavy (non-hydrogen) atoms. The van der Waals surface area contributed by atoms with Gasteiger partial charge in [-0.25, -0.2) is 4.98 Å². The lowest BCUT2D eigenvalue weighted by molar-refractivity contribution is -0.115. The van der Waals surface area contributed by atoms with Crippen LogP contribution in [0.1, 0.15) is 30.6 Å². The molecule has 0 spiro atoms. The summed E-state index contributed by atoms with van der Waals surface area (Å²) in [6.07, 6.45) is 6.55. The molecule has 0 unspecified atom stereocenters. The van der Waals surface area contributed by atoms with Crippen molar-refractivity contribution in [2.75, 3.05) is 16.8 Å². The van der Waals surface area contributed by atoms with Gasteiger partial charge in [0.1, 0.15) is 12.4 Å². The fraction of sp³-hybridized carbons (Fsp3) is 0.190. The maximum absolute atomic E-state index is 12.8. The first-order valence-electron chi connectivity index (χ1n) is 8.94. The summed E-state index contributed by atoms with van der Waals surface area (Å²) in [5.74, 6) is 0.274. The summed E-state index contributed by atoms with van der Waals surface area (Å²) >= 11 is 0. The van der Waals surface area contributed by atoms with E-state index in [0.29, 0.717) is 16.9 Å². The first-order chi connectivity index (χ1) is 13.1. The molecule has 0 saturated carbocycles. The number of amides is 2. The summed E-state index contributed by atoms with van der Waals surface area (Å²) in [6.45, 7) is 4.25. The largest absolute Gasteiger partial charge is 0.323 e. The van der Waals surface area contributed by atoms with E-state index < -0.39 is 0 Å². The van der Waals surface area contributed by atoms with Gasteiger partial charge in [0, 0.05) is 18.6 Å². The van der Waals surface area contributed by atoms with Crippen LogP contribution in [0.5, 0.6) is 0 Å². The van der Waals surface area contributed by atoms with Crippen LogP contribution in [0.25, 0.3) is 5.82 Å². The van der Waals surface area contributed by atoms with Crippen molar-refractivity contribution in [2.45, 2.75) is 20.3 Å². The molecule has 3 heterocycles. The second-order valence-electron chi connectivity index (χ2n) is 6.16. The zero-order valence-corrected chi connectivity index (χ0v) is 15.4. The van der Waals surface area contributed by atoms with E-state index in [2.05, 4.69) is 24.1 Å². The summed E-state index contributed by atoms with van der Waals surface area (Å²) in [7, 11) is 0. The number of hydrogen-bond donors (Lipinski definition) is 1. The Morgan fingerprint density at radius 2 is 1.78 bits per heavy atom. The Bertz CT molecular complexity index is 918. The lowest BCUT2D eigenvalue weighted by atomic mass is 10.1. The van der Waals surface area contributed by atoms with Gasteiger partial charge in [-0.3, -0.25) is 14.5 Å². The van der Waals surface area contributed by atoms with Gasteiger partial charge in [0.05, 0.1) is 16.9 Å². The number of nitrogens with zero attached hydrogens (tertiary/aromatic N) is 3. The Morgan fingerprint density at radius 1 is 1.07 bits per heavy atom. The molecule has 1 aliphatic rings. The highest BCUT2D eigenvalue weighted by Crippen LogP contribution is 2.30. The van der Waals surface area contributed by atoms with E-state index in [1.807, 2.05) is 47.3 Å². The van der Waals surface area contributed by atoms with Crippen LogP contribution >= 0.6 is 0 Å². The predicted molar refractivity (Wildman–Crippen MR) is 106 cm³/mol. The van der Waals surface area contributed by atoms with E-state index in [1.54, 1.807) is 18.2 Å². The molecule has 2 amide bonds. The Hall–Kier alpha value is -3.41. The van der Waals surface area contributed by atoms with Gasteiger partial charge in [0.25, 0.3) is 5.91 Å². The molecule has 2 aromatic heterocycles. The molecule has 0 bridgehead atoms. The zero-order valence-electron chi connectivity index (χ0n) is 15.4. The van der Waals surface area contributed by atoms with Crippen LogP contribution in [-0.2, 0) is 4.79 Å². The predicted octanol–water partition coefficient (Wildman–Crippen LogP) is 3.89. The first-order valence-corrected chi connectivity index (χ1v) is 8.94. The number of rotatable bonds is 2. The summed E-state index contributed by atoms with van der Waals surface area (Å²) in [4.78, 5) is 30.5. The Kier molecular flexibility index (Phi) is 5.66. The highest BCUT2D eigenvalue weighted by Gasteiger charge is 2.27. The molecular formula is C21H22N4O2. The third kappa shape index (κ3) is 4.06. The second-order valence-corrected chi connectivity index (χ2v) is 6.16. The number of anilines is 2. The van der Waals surface area contributed by atoms with E-state index in [0.717, 1.165) is 5.82 Å². The highest BCUT2D eigenvalue weighted by atomic mass is 16.2. The normalized spacial score (nSPS) is 12.5. The maximum atomic E-state index is 12.8. The third-order valence-electron chi connectivity index (χ3n) is 3.88. The minimum atomic E-state index is -0.246. The number of pyridine rings is 1.